The highest BCUT2D eigenvalue weighted by Gasteiger charge is 2.34. The Bertz CT molecular complexity index is 782. The number of aromatic nitrogens is 1. The lowest BCUT2D eigenvalue weighted by atomic mass is 10.1. The molecular weight excluding hydrogens is 365 g/mol. The average Bonchev–Trinajstić information content (AvgIpc) is 3.10. The molecule has 5 nitrogen and oxygen atoms in total. The molecule has 2 heterocycles. The molecule has 1 saturated heterocycles. The maximum Gasteiger partial charge on any atom is 0.417 e. The average molecular weight is 384 g/mol. The number of urea groups is 1. The van der Waals surface area contributed by atoms with Gasteiger partial charge in [0.25, 0.3) is 0 Å². The maximum atomic E-state index is 13.2. The summed E-state index contributed by atoms with van der Waals surface area (Å²) in [5.74, 6) is 0. The van der Waals surface area contributed by atoms with Gasteiger partial charge < -0.3 is 14.7 Å². The van der Waals surface area contributed by atoms with Crippen molar-refractivity contribution < 1.29 is 18.0 Å². The summed E-state index contributed by atoms with van der Waals surface area (Å²) in [4.78, 5) is 21.7. The maximum absolute atomic E-state index is 13.2. The van der Waals surface area contributed by atoms with Gasteiger partial charge in [-0.1, -0.05) is 18.2 Å². The summed E-state index contributed by atoms with van der Waals surface area (Å²) < 4.78 is 39.6. The molecule has 1 fully saturated rings. The second-order valence-electron chi connectivity index (χ2n) is 6.21. The number of piperazine rings is 1. The van der Waals surface area contributed by atoms with E-state index >= 15 is 0 Å². The summed E-state index contributed by atoms with van der Waals surface area (Å²) in [5.41, 5.74) is -0.271. The van der Waals surface area contributed by atoms with E-state index in [1.807, 2.05) is 4.90 Å². The number of thiazole rings is 1. The van der Waals surface area contributed by atoms with Crippen molar-refractivity contribution in [1.29, 1.82) is 0 Å². The number of benzene rings is 1. The molecule has 1 aromatic heterocycles. The number of hydrogen-bond donors (Lipinski definition) is 0. The largest absolute Gasteiger partial charge is 0.417 e. The second kappa shape index (κ2) is 7.14. The molecule has 0 atom stereocenters. The number of alkyl halides is 3. The highest BCUT2D eigenvalue weighted by Crippen LogP contribution is 2.38. The number of carbonyl (C=O) groups is 1. The van der Waals surface area contributed by atoms with Crippen molar-refractivity contribution in [3.05, 3.63) is 35.2 Å². The quantitative estimate of drug-likeness (QED) is 0.794. The lowest BCUT2D eigenvalue weighted by molar-refractivity contribution is -0.137. The summed E-state index contributed by atoms with van der Waals surface area (Å²) in [6.07, 6.45) is -4.42. The van der Waals surface area contributed by atoms with Gasteiger partial charge >= 0.3 is 12.2 Å². The van der Waals surface area contributed by atoms with Crippen LogP contribution >= 0.6 is 11.3 Å². The number of nitrogens with zero attached hydrogens (tertiary/aromatic N) is 4. The van der Waals surface area contributed by atoms with Crippen molar-refractivity contribution >= 4 is 22.5 Å². The number of anilines is 1. The van der Waals surface area contributed by atoms with Crippen LogP contribution in [0.5, 0.6) is 0 Å². The van der Waals surface area contributed by atoms with Gasteiger partial charge in [0.2, 0.25) is 0 Å². The van der Waals surface area contributed by atoms with Gasteiger partial charge in [0.1, 0.15) is 0 Å². The van der Waals surface area contributed by atoms with E-state index in [9.17, 15) is 18.0 Å². The molecule has 0 bridgehead atoms. The number of carbonyl (C=O) groups excluding carboxylic acids is 1. The van der Waals surface area contributed by atoms with Crippen LogP contribution in [0.15, 0.2) is 29.6 Å². The number of hydrogen-bond acceptors (Lipinski definition) is 4. The standard InChI is InChI=1S/C17H19F3N4OS/c1-22(2)16(25)24-9-7-23(8-10-24)15-21-14(11-26-15)12-5-3-4-6-13(12)17(18,19)20/h3-6,11H,7-10H2,1-2H3. The minimum absolute atomic E-state index is 0.0383. The molecule has 0 radical (unpaired) electrons. The molecule has 1 aliphatic rings. The van der Waals surface area contributed by atoms with Crippen molar-refractivity contribution in [1.82, 2.24) is 14.8 Å². The van der Waals surface area contributed by atoms with E-state index in [2.05, 4.69) is 4.98 Å². The second-order valence-corrected chi connectivity index (χ2v) is 7.05. The summed E-state index contributed by atoms with van der Waals surface area (Å²) in [6.45, 7) is 2.33. The molecule has 1 aliphatic heterocycles. The molecule has 140 valence electrons. The number of halogens is 3. The van der Waals surface area contributed by atoms with E-state index in [0.717, 1.165) is 6.07 Å². The smallest absolute Gasteiger partial charge is 0.345 e. The van der Waals surface area contributed by atoms with Crippen molar-refractivity contribution in [2.24, 2.45) is 0 Å². The topological polar surface area (TPSA) is 39.7 Å². The van der Waals surface area contributed by atoms with Crippen LogP contribution in [-0.4, -0.2) is 61.1 Å². The fourth-order valence-corrected chi connectivity index (χ4v) is 3.74. The minimum Gasteiger partial charge on any atom is -0.345 e. The first-order chi connectivity index (χ1) is 12.3. The fourth-order valence-electron chi connectivity index (χ4n) is 2.86. The summed E-state index contributed by atoms with van der Waals surface area (Å²) in [5, 5.41) is 2.32. The van der Waals surface area contributed by atoms with E-state index < -0.39 is 11.7 Å². The van der Waals surface area contributed by atoms with E-state index in [0.29, 0.717) is 37.0 Å². The van der Waals surface area contributed by atoms with Gasteiger partial charge in [0.15, 0.2) is 5.13 Å². The molecule has 26 heavy (non-hydrogen) atoms. The predicted octanol–water partition coefficient (Wildman–Crippen LogP) is 3.63. The van der Waals surface area contributed by atoms with Gasteiger partial charge in [0.05, 0.1) is 11.3 Å². The fraction of sp³-hybridized carbons (Fsp3) is 0.412. The molecule has 2 amide bonds. The van der Waals surface area contributed by atoms with Crippen LogP contribution < -0.4 is 4.90 Å². The lowest BCUT2D eigenvalue weighted by Gasteiger charge is -2.35. The Hall–Kier alpha value is -2.29. The van der Waals surface area contributed by atoms with Crippen LogP contribution in [0.1, 0.15) is 5.56 Å². The zero-order valence-corrected chi connectivity index (χ0v) is 15.3. The Morgan fingerprint density at radius 3 is 2.42 bits per heavy atom. The van der Waals surface area contributed by atoms with E-state index in [-0.39, 0.29) is 11.6 Å². The molecule has 0 N–H and O–H groups in total. The van der Waals surface area contributed by atoms with Gasteiger partial charge in [-0.2, -0.15) is 13.2 Å². The summed E-state index contributed by atoms with van der Waals surface area (Å²) in [7, 11) is 3.42. The predicted molar refractivity (Wildman–Crippen MR) is 95.4 cm³/mol. The molecule has 9 heteroatoms. The van der Waals surface area contributed by atoms with E-state index in [1.54, 1.807) is 30.4 Å². The first kappa shape index (κ1) is 18.5. The SMILES string of the molecule is CN(C)C(=O)N1CCN(c2nc(-c3ccccc3C(F)(F)F)cs2)CC1. The molecule has 0 saturated carbocycles. The molecule has 0 spiro atoms. The zero-order chi connectivity index (χ0) is 18.9. The monoisotopic (exact) mass is 384 g/mol. The summed E-state index contributed by atoms with van der Waals surface area (Å²) >= 11 is 1.32. The Morgan fingerprint density at radius 2 is 1.81 bits per heavy atom. The third-order valence-corrected chi connectivity index (χ3v) is 5.11. The molecule has 0 unspecified atom stereocenters. The lowest BCUT2D eigenvalue weighted by Crippen LogP contribution is -2.51. The molecule has 0 aliphatic carbocycles. The Balaban J connectivity index is 1.75. The van der Waals surface area contributed by atoms with Crippen LogP contribution in [0.3, 0.4) is 0 Å². The minimum atomic E-state index is -4.42. The summed E-state index contributed by atoms with van der Waals surface area (Å²) in [6, 6.07) is 5.43. The van der Waals surface area contributed by atoms with Crippen LogP contribution in [0, 0.1) is 0 Å². The van der Waals surface area contributed by atoms with Crippen LogP contribution in [0.2, 0.25) is 0 Å². The molecule has 1 aromatic carbocycles. The number of amides is 2. The number of rotatable bonds is 2. The normalized spacial score (nSPS) is 15.3. The van der Waals surface area contributed by atoms with Gasteiger partial charge in [-0.15, -0.1) is 11.3 Å². The van der Waals surface area contributed by atoms with Crippen molar-refractivity contribution in [2.75, 3.05) is 45.2 Å². The molecule has 3 rings (SSSR count). The van der Waals surface area contributed by atoms with E-state index in [1.165, 1.54) is 28.4 Å². The molecular formula is C17H19F3N4OS. The van der Waals surface area contributed by atoms with Crippen molar-refractivity contribution in [3.63, 3.8) is 0 Å². The first-order valence-electron chi connectivity index (χ1n) is 8.10. The van der Waals surface area contributed by atoms with Gasteiger partial charge in [-0.05, 0) is 6.07 Å². The Labute approximate surface area is 153 Å². The zero-order valence-electron chi connectivity index (χ0n) is 14.5. The molecule has 2 aromatic rings. The van der Waals surface area contributed by atoms with E-state index in [4.69, 9.17) is 0 Å². The van der Waals surface area contributed by atoms with Crippen LogP contribution in [0.4, 0.5) is 23.1 Å². The van der Waals surface area contributed by atoms with Gasteiger partial charge in [0, 0.05) is 51.2 Å². The Kier molecular flexibility index (Phi) is 5.08. The van der Waals surface area contributed by atoms with Gasteiger partial charge in [-0.3, -0.25) is 0 Å². The third-order valence-electron chi connectivity index (χ3n) is 4.20. The van der Waals surface area contributed by atoms with Crippen LogP contribution in [0.25, 0.3) is 11.3 Å². The Morgan fingerprint density at radius 1 is 1.15 bits per heavy atom. The van der Waals surface area contributed by atoms with Crippen LogP contribution in [-0.2, 0) is 6.18 Å². The van der Waals surface area contributed by atoms with Gasteiger partial charge in [-0.25, -0.2) is 9.78 Å². The van der Waals surface area contributed by atoms with Crippen molar-refractivity contribution in [3.8, 4) is 11.3 Å². The first-order valence-corrected chi connectivity index (χ1v) is 8.98. The highest BCUT2D eigenvalue weighted by atomic mass is 32.1. The van der Waals surface area contributed by atoms with Crippen molar-refractivity contribution in [2.45, 2.75) is 6.18 Å². The third kappa shape index (κ3) is 3.77. The highest BCUT2D eigenvalue weighted by molar-refractivity contribution is 7.14.